The minimum Gasteiger partial charge on any atom is -0.443 e. The van der Waals surface area contributed by atoms with Crippen molar-refractivity contribution in [3.8, 4) is 11.9 Å². The van der Waals surface area contributed by atoms with Crippen LogP contribution < -0.4 is 0 Å². The minimum absolute atomic E-state index is 0.0841. The lowest BCUT2D eigenvalue weighted by Crippen LogP contribution is -2.44. The molecule has 2 aromatic heterocycles. The number of ether oxygens (including phenoxy) is 2. The molecule has 0 aromatic carbocycles. The van der Waals surface area contributed by atoms with Crippen molar-refractivity contribution in [1.29, 1.82) is 5.26 Å². The molecule has 0 bridgehead atoms. The fourth-order valence-electron chi connectivity index (χ4n) is 2.79. The van der Waals surface area contributed by atoms with Crippen LogP contribution in [0.2, 0.25) is 0 Å². The van der Waals surface area contributed by atoms with Gasteiger partial charge in [-0.3, -0.25) is 4.57 Å². The SMILES string of the molecule is Cc1ccc(-n2cnc(/C(C#N)=C/CCCN(C(=O)OC(C)(C)C)C(=O)OC(C)(C)C)c2)nc1. The lowest BCUT2D eigenvalue weighted by atomic mass is 10.1. The Morgan fingerprint density at radius 3 is 2.21 bits per heavy atom. The number of nitriles is 1. The lowest BCUT2D eigenvalue weighted by molar-refractivity contribution is 0.00133. The van der Waals surface area contributed by atoms with Crippen molar-refractivity contribution < 1.29 is 19.1 Å². The third-order valence-electron chi connectivity index (χ3n) is 4.30. The van der Waals surface area contributed by atoms with Crippen LogP contribution in [0.3, 0.4) is 0 Å². The summed E-state index contributed by atoms with van der Waals surface area (Å²) in [6, 6.07) is 5.98. The van der Waals surface area contributed by atoms with E-state index in [9.17, 15) is 14.9 Å². The van der Waals surface area contributed by atoms with Gasteiger partial charge in [0.05, 0.1) is 11.3 Å². The Morgan fingerprint density at radius 2 is 1.71 bits per heavy atom. The van der Waals surface area contributed by atoms with Gasteiger partial charge in [-0.1, -0.05) is 12.1 Å². The van der Waals surface area contributed by atoms with E-state index in [1.165, 1.54) is 0 Å². The van der Waals surface area contributed by atoms with Crippen molar-refractivity contribution in [1.82, 2.24) is 19.4 Å². The number of hydrogen-bond acceptors (Lipinski definition) is 7. The van der Waals surface area contributed by atoms with Crippen molar-refractivity contribution in [3.63, 3.8) is 0 Å². The molecule has 2 heterocycles. The van der Waals surface area contributed by atoms with E-state index in [1.807, 2.05) is 19.1 Å². The number of amides is 2. The Bertz CT molecular complexity index is 1040. The first-order valence-electron chi connectivity index (χ1n) is 11.1. The van der Waals surface area contributed by atoms with Crippen LogP contribution >= 0.6 is 0 Å². The summed E-state index contributed by atoms with van der Waals surface area (Å²) < 4.78 is 12.5. The molecule has 34 heavy (non-hydrogen) atoms. The third kappa shape index (κ3) is 8.35. The summed E-state index contributed by atoms with van der Waals surface area (Å²) in [7, 11) is 0. The first kappa shape index (κ1) is 26.6. The van der Waals surface area contributed by atoms with Gasteiger partial charge in [0.25, 0.3) is 0 Å². The number of allylic oxidation sites excluding steroid dienone is 2. The Labute approximate surface area is 201 Å². The Balaban J connectivity index is 2.07. The molecule has 2 amide bonds. The minimum atomic E-state index is -0.768. The van der Waals surface area contributed by atoms with Crippen molar-refractivity contribution in [2.24, 2.45) is 0 Å². The van der Waals surface area contributed by atoms with Crippen LogP contribution in [0.1, 0.15) is 65.6 Å². The molecule has 9 heteroatoms. The number of rotatable bonds is 6. The second-order valence-corrected chi connectivity index (χ2v) is 9.84. The zero-order valence-electron chi connectivity index (χ0n) is 21.0. The molecule has 2 aromatic rings. The van der Waals surface area contributed by atoms with Gasteiger partial charge in [0, 0.05) is 18.9 Å². The number of nitrogens with zero attached hydrogens (tertiary/aromatic N) is 5. The normalized spacial score (nSPS) is 12.1. The lowest BCUT2D eigenvalue weighted by Gasteiger charge is -2.28. The molecule has 0 saturated carbocycles. The number of aryl methyl sites for hydroxylation is 1. The van der Waals surface area contributed by atoms with Crippen LogP contribution in [-0.4, -0.2) is 49.4 Å². The molecule has 0 aliphatic heterocycles. The molecule has 0 unspecified atom stereocenters. The van der Waals surface area contributed by atoms with Gasteiger partial charge in [-0.2, -0.15) is 5.26 Å². The topological polar surface area (TPSA) is 110 Å². The Kier molecular flexibility index (Phi) is 8.57. The van der Waals surface area contributed by atoms with Gasteiger partial charge in [-0.25, -0.2) is 24.5 Å². The molecule has 0 atom stereocenters. The number of aromatic nitrogens is 3. The second kappa shape index (κ2) is 11.0. The molecule has 0 saturated heterocycles. The summed E-state index contributed by atoms with van der Waals surface area (Å²) in [5.41, 5.74) is 0.452. The van der Waals surface area contributed by atoms with Gasteiger partial charge in [0.15, 0.2) is 0 Å². The maximum Gasteiger partial charge on any atom is 0.419 e. The summed E-state index contributed by atoms with van der Waals surface area (Å²) in [4.78, 5) is 34.7. The van der Waals surface area contributed by atoms with Crippen molar-refractivity contribution >= 4 is 17.8 Å². The van der Waals surface area contributed by atoms with Crippen molar-refractivity contribution in [2.75, 3.05) is 6.54 Å². The average Bonchev–Trinajstić information content (AvgIpc) is 3.18. The van der Waals surface area contributed by atoms with Crippen molar-refractivity contribution in [2.45, 2.75) is 72.5 Å². The largest absolute Gasteiger partial charge is 0.443 e. The number of carbonyl (C=O) groups is 2. The smallest absolute Gasteiger partial charge is 0.419 e. The van der Waals surface area contributed by atoms with Gasteiger partial charge in [-0.15, -0.1) is 0 Å². The average molecular weight is 468 g/mol. The third-order valence-corrected chi connectivity index (χ3v) is 4.30. The molecule has 0 fully saturated rings. The van der Waals surface area contributed by atoms with Crippen LogP contribution in [0.25, 0.3) is 11.4 Å². The molecule has 2 rings (SSSR count). The standard InChI is InChI=1S/C25H33N5O4/c1-18-11-12-21(27-15-18)29-16-20(28-17-29)19(14-26)10-8-9-13-30(22(31)33-24(2,3)4)23(32)34-25(5,6)7/h10-12,15-17H,8-9,13H2,1-7H3/b19-10+. The quantitative estimate of drug-likeness (QED) is 0.411. The van der Waals surface area contributed by atoms with E-state index in [2.05, 4.69) is 16.0 Å². The number of pyridine rings is 1. The highest BCUT2D eigenvalue weighted by atomic mass is 16.6. The van der Waals surface area contributed by atoms with Crippen LogP contribution in [0.15, 0.2) is 36.9 Å². The van der Waals surface area contributed by atoms with Gasteiger partial charge in [0.1, 0.15) is 29.4 Å². The zero-order chi connectivity index (χ0) is 25.5. The summed E-state index contributed by atoms with van der Waals surface area (Å²) in [6.45, 7) is 12.4. The van der Waals surface area contributed by atoms with Gasteiger partial charge >= 0.3 is 12.2 Å². The molecule has 0 N–H and O–H groups in total. The van der Waals surface area contributed by atoms with Crippen LogP contribution in [-0.2, 0) is 9.47 Å². The maximum absolute atomic E-state index is 12.6. The van der Waals surface area contributed by atoms with Crippen LogP contribution in [0.5, 0.6) is 0 Å². The highest BCUT2D eigenvalue weighted by Gasteiger charge is 2.30. The molecular formula is C25H33N5O4. The fraction of sp³-hybridized carbons (Fsp3) is 0.480. The number of imidazole rings is 1. The monoisotopic (exact) mass is 467 g/mol. The molecule has 0 radical (unpaired) electrons. The molecule has 9 nitrogen and oxygen atoms in total. The van der Waals surface area contributed by atoms with E-state index in [0.29, 0.717) is 29.9 Å². The highest BCUT2D eigenvalue weighted by Crippen LogP contribution is 2.17. The van der Waals surface area contributed by atoms with Gasteiger partial charge in [-0.05, 0) is 72.9 Å². The maximum atomic E-state index is 12.6. The molecular weight excluding hydrogens is 434 g/mol. The Hall–Kier alpha value is -3.67. The van der Waals surface area contributed by atoms with Crippen LogP contribution in [0.4, 0.5) is 9.59 Å². The molecule has 0 aliphatic rings. The predicted octanol–water partition coefficient (Wildman–Crippen LogP) is 5.44. The number of carbonyl (C=O) groups excluding carboxylic acids is 2. The first-order valence-corrected chi connectivity index (χ1v) is 11.1. The summed E-state index contributed by atoms with van der Waals surface area (Å²) >= 11 is 0. The number of imide groups is 1. The second-order valence-electron chi connectivity index (χ2n) is 9.84. The zero-order valence-corrected chi connectivity index (χ0v) is 21.0. The van der Waals surface area contributed by atoms with E-state index in [-0.39, 0.29) is 6.54 Å². The summed E-state index contributed by atoms with van der Waals surface area (Å²) in [6.07, 6.45) is 6.16. The summed E-state index contributed by atoms with van der Waals surface area (Å²) in [5.74, 6) is 0.701. The van der Waals surface area contributed by atoms with Gasteiger partial charge in [0.2, 0.25) is 0 Å². The molecule has 182 valence electrons. The van der Waals surface area contributed by atoms with E-state index >= 15 is 0 Å². The van der Waals surface area contributed by atoms with E-state index in [0.717, 1.165) is 10.5 Å². The first-order chi connectivity index (χ1) is 15.8. The fourth-order valence-corrected chi connectivity index (χ4v) is 2.79. The molecule has 0 aliphatic carbocycles. The number of hydrogen-bond donors (Lipinski definition) is 0. The van der Waals surface area contributed by atoms with Gasteiger partial charge < -0.3 is 9.47 Å². The van der Waals surface area contributed by atoms with Crippen LogP contribution in [0, 0.1) is 18.3 Å². The van der Waals surface area contributed by atoms with E-state index in [4.69, 9.17) is 9.47 Å². The van der Waals surface area contributed by atoms with Crippen molar-refractivity contribution in [3.05, 3.63) is 48.2 Å². The molecule has 0 spiro atoms. The highest BCUT2D eigenvalue weighted by molar-refractivity contribution is 5.88. The summed E-state index contributed by atoms with van der Waals surface area (Å²) in [5, 5.41) is 9.59. The predicted molar refractivity (Wildman–Crippen MR) is 128 cm³/mol. The number of unbranched alkanes of at least 4 members (excludes halogenated alkanes) is 1. The Morgan fingerprint density at radius 1 is 1.09 bits per heavy atom. The van der Waals surface area contributed by atoms with E-state index < -0.39 is 23.4 Å². The van der Waals surface area contributed by atoms with E-state index in [1.54, 1.807) is 70.9 Å².